The van der Waals surface area contributed by atoms with Gasteiger partial charge < -0.3 is 20.7 Å². The molecule has 0 saturated heterocycles. The number of anilines is 2. The Hall–Kier alpha value is -3.58. The molecule has 0 spiro atoms. The summed E-state index contributed by atoms with van der Waals surface area (Å²) in [5, 5.41) is 6.97. The molecular formula is C20H21F6N5O3. The number of carbonyl (C=O) groups excluding carboxylic acids is 2. The van der Waals surface area contributed by atoms with Gasteiger partial charge in [-0.05, 0) is 37.1 Å². The lowest BCUT2D eigenvalue weighted by Crippen LogP contribution is -2.37. The van der Waals surface area contributed by atoms with Gasteiger partial charge in [-0.15, -0.1) is 0 Å². The summed E-state index contributed by atoms with van der Waals surface area (Å²) in [5.74, 6) is -3.51. The normalized spacial score (nSPS) is 11.6. The van der Waals surface area contributed by atoms with Crippen molar-refractivity contribution in [3.05, 3.63) is 41.6 Å². The molecule has 0 atom stereocenters. The van der Waals surface area contributed by atoms with Crippen LogP contribution in [0.3, 0.4) is 0 Å². The van der Waals surface area contributed by atoms with Gasteiger partial charge in [0.1, 0.15) is 5.56 Å². The topological polar surface area (TPSA) is 105 Å². The SMILES string of the molecule is CCCNC(=O)c1ccc(Nc2ncc(C(F)(F)F)c(OCCCNC(=O)C(F)(F)F)n2)cc1. The number of nitrogens with one attached hydrogen (secondary N) is 3. The second-order valence-electron chi connectivity index (χ2n) is 6.82. The second-order valence-corrected chi connectivity index (χ2v) is 6.82. The molecule has 2 amide bonds. The number of amides is 2. The minimum absolute atomic E-state index is 0.201. The van der Waals surface area contributed by atoms with Crippen LogP contribution in [-0.4, -0.2) is 47.7 Å². The van der Waals surface area contributed by atoms with Crippen LogP contribution in [0.15, 0.2) is 30.5 Å². The fourth-order valence-electron chi connectivity index (χ4n) is 2.45. The van der Waals surface area contributed by atoms with E-state index in [1.807, 2.05) is 6.92 Å². The summed E-state index contributed by atoms with van der Waals surface area (Å²) in [5.41, 5.74) is -0.512. The maximum atomic E-state index is 13.2. The summed E-state index contributed by atoms with van der Waals surface area (Å²) < 4.78 is 81.1. The Morgan fingerprint density at radius 1 is 1.00 bits per heavy atom. The predicted octanol–water partition coefficient (Wildman–Crippen LogP) is 3.83. The van der Waals surface area contributed by atoms with Crippen LogP contribution in [-0.2, 0) is 11.0 Å². The number of hydrogen-bond donors (Lipinski definition) is 3. The third-order valence-corrected chi connectivity index (χ3v) is 4.10. The lowest BCUT2D eigenvalue weighted by atomic mass is 10.2. The summed E-state index contributed by atoms with van der Waals surface area (Å²) in [6.45, 7) is 1.50. The van der Waals surface area contributed by atoms with E-state index in [1.165, 1.54) is 24.3 Å². The highest BCUT2D eigenvalue weighted by Crippen LogP contribution is 2.35. The molecule has 1 aromatic heterocycles. The lowest BCUT2D eigenvalue weighted by Gasteiger charge is -2.14. The second kappa shape index (κ2) is 11.5. The van der Waals surface area contributed by atoms with Crippen molar-refractivity contribution in [3.63, 3.8) is 0 Å². The molecule has 0 aliphatic heterocycles. The molecule has 3 N–H and O–H groups in total. The molecule has 186 valence electrons. The summed E-state index contributed by atoms with van der Waals surface area (Å²) in [6.07, 6.45) is -8.83. The van der Waals surface area contributed by atoms with E-state index in [1.54, 1.807) is 5.32 Å². The summed E-state index contributed by atoms with van der Waals surface area (Å²) >= 11 is 0. The number of rotatable bonds is 10. The van der Waals surface area contributed by atoms with Gasteiger partial charge >= 0.3 is 18.3 Å². The number of hydrogen-bond acceptors (Lipinski definition) is 6. The van der Waals surface area contributed by atoms with E-state index in [0.717, 1.165) is 6.42 Å². The number of nitrogens with zero attached hydrogens (tertiary/aromatic N) is 2. The van der Waals surface area contributed by atoms with E-state index in [9.17, 15) is 35.9 Å². The minimum Gasteiger partial charge on any atom is -0.477 e. The fourth-order valence-corrected chi connectivity index (χ4v) is 2.45. The van der Waals surface area contributed by atoms with Crippen molar-refractivity contribution in [1.29, 1.82) is 0 Å². The zero-order valence-electron chi connectivity index (χ0n) is 17.8. The number of ether oxygens (including phenoxy) is 1. The maximum Gasteiger partial charge on any atom is 0.471 e. The molecule has 0 bridgehead atoms. The van der Waals surface area contributed by atoms with Gasteiger partial charge in [-0.25, -0.2) is 4.98 Å². The highest BCUT2D eigenvalue weighted by atomic mass is 19.4. The Kier molecular flexibility index (Phi) is 9.04. The predicted molar refractivity (Wildman–Crippen MR) is 109 cm³/mol. The molecule has 34 heavy (non-hydrogen) atoms. The molecule has 0 saturated carbocycles. The van der Waals surface area contributed by atoms with Gasteiger partial charge in [-0.3, -0.25) is 9.59 Å². The number of alkyl halides is 6. The Labute approximate surface area is 190 Å². The highest BCUT2D eigenvalue weighted by molar-refractivity contribution is 5.94. The summed E-state index contributed by atoms with van der Waals surface area (Å²) in [4.78, 5) is 30.0. The Morgan fingerprint density at radius 3 is 2.26 bits per heavy atom. The quantitative estimate of drug-likeness (QED) is 0.343. The van der Waals surface area contributed by atoms with E-state index in [2.05, 4.69) is 20.6 Å². The van der Waals surface area contributed by atoms with E-state index in [-0.39, 0.29) is 18.3 Å². The third-order valence-electron chi connectivity index (χ3n) is 4.10. The van der Waals surface area contributed by atoms with Gasteiger partial charge in [0, 0.05) is 30.5 Å². The molecule has 8 nitrogen and oxygen atoms in total. The number of carbonyl (C=O) groups is 2. The van der Waals surface area contributed by atoms with Crippen molar-refractivity contribution >= 4 is 23.5 Å². The highest BCUT2D eigenvalue weighted by Gasteiger charge is 2.38. The molecule has 0 fully saturated rings. The van der Waals surface area contributed by atoms with E-state index >= 15 is 0 Å². The van der Waals surface area contributed by atoms with Crippen molar-refractivity contribution in [1.82, 2.24) is 20.6 Å². The number of benzene rings is 1. The molecule has 2 rings (SSSR count). The van der Waals surface area contributed by atoms with Crippen LogP contribution < -0.4 is 20.7 Å². The van der Waals surface area contributed by atoms with Crippen LogP contribution >= 0.6 is 0 Å². The van der Waals surface area contributed by atoms with E-state index < -0.39 is 42.9 Å². The maximum absolute atomic E-state index is 13.2. The Morgan fingerprint density at radius 2 is 1.68 bits per heavy atom. The first-order chi connectivity index (χ1) is 15.9. The van der Waals surface area contributed by atoms with Crippen molar-refractivity contribution in [2.45, 2.75) is 32.1 Å². The first-order valence-corrected chi connectivity index (χ1v) is 9.99. The summed E-state index contributed by atoms with van der Waals surface area (Å²) in [7, 11) is 0. The van der Waals surface area contributed by atoms with Gasteiger partial charge in [-0.2, -0.15) is 31.3 Å². The number of aromatic nitrogens is 2. The lowest BCUT2D eigenvalue weighted by molar-refractivity contribution is -0.173. The molecule has 0 radical (unpaired) electrons. The minimum atomic E-state index is -5.06. The third kappa shape index (κ3) is 8.08. The zero-order chi connectivity index (χ0) is 25.4. The van der Waals surface area contributed by atoms with Crippen LogP contribution in [0.25, 0.3) is 0 Å². The fraction of sp³-hybridized carbons (Fsp3) is 0.400. The van der Waals surface area contributed by atoms with Crippen LogP contribution in [0.2, 0.25) is 0 Å². The van der Waals surface area contributed by atoms with Crippen LogP contribution in [0.1, 0.15) is 35.7 Å². The van der Waals surface area contributed by atoms with Gasteiger partial charge in [0.15, 0.2) is 0 Å². The first-order valence-electron chi connectivity index (χ1n) is 9.99. The molecule has 1 aromatic carbocycles. The molecule has 2 aromatic rings. The Bertz CT molecular complexity index is 980. The average Bonchev–Trinajstić information content (AvgIpc) is 2.76. The smallest absolute Gasteiger partial charge is 0.471 e. The monoisotopic (exact) mass is 493 g/mol. The van der Waals surface area contributed by atoms with Crippen molar-refractivity contribution < 1.29 is 40.7 Å². The molecule has 1 heterocycles. The summed E-state index contributed by atoms with van der Waals surface area (Å²) in [6, 6.07) is 6.02. The number of halogens is 6. The van der Waals surface area contributed by atoms with Crippen LogP contribution in [0.5, 0.6) is 5.88 Å². The zero-order valence-corrected chi connectivity index (χ0v) is 17.8. The molecule has 14 heteroatoms. The first kappa shape index (κ1) is 26.7. The van der Waals surface area contributed by atoms with Crippen molar-refractivity contribution in [3.8, 4) is 5.88 Å². The molecule has 0 aliphatic rings. The van der Waals surface area contributed by atoms with Gasteiger partial charge in [-0.1, -0.05) is 6.92 Å². The standard InChI is InChI=1S/C20H21F6N5O3/c1-2-8-27-15(32)12-4-6-13(7-5-12)30-18-29-11-14(19(21,22)23)16(31-18)34-10-3-9-28-17(33)20(24,25)26/h4-7,11H,2-3,8-10H2,1H3,(H,27,32)(H,28,33)(H,29,30,31). The van der Waals surface area contributed by atoms with Gasteiger partial charge in [0.25, 0.3) is 5.91 Å². The molecule has 0 unspecified atom stereocenters. The van der Waals surface area contributed by atoms with Crippen LogP contribution in [0.4, 0.5) is 38.0 Å². The Balaban J connectivity index is 2.04. The van der Waals surface area contributed by atoms with Crippen LogP contribution in [0, 0.1) is 0 Å². The van der Waals surface area contributed by atoms with E-state index in [4.69, 9.17) is 4.74 Å². The van der Waals surface area contributed by atoms with Crippen molar-refractivity contribution in [2.24, 2.45) is 0 Å². The van der Waals surface area contributed by atoms with Gasteiger partial charge in [0.05, 0.1) is 6.61 Å². The van der Waals surface area contributed by atoms with Crippen molar-refractivity contribution in [2.75, 3.05) is 25.0 Å². The van der Waals surface area contributed by atoms with Gasteiger partial charge in [0.2, 0.25) is 11.8 Å². The molecular weight excluding hydrogens is 472 g/mol. The largest absolute Gasteiger partial charge is 0.477 e. The average molecular weight is 493 g/mol. The van der Waals surface area contributed by atoms with E-state index in [0.29, 0.717) is 24.0 Å². The molecule has 0 aliphatic carbocycles.